The largest absolute Gasteiger partial charge is 0.460 e. The SMILES string of the molecule is C[n+]1ccn(CC(=O)OC[C@H]2O[C@@H](Sc3ccccc3)[C@H](OCc3ccccc3)[C@@H](OCc3ccccc3)[C@@H]2OCc2ccccc2)c1. The summed E-state index contributed by atoms with van der Waals surface area (Å²) in [7, 11) is 1.91. The molecule has 248 valence electrons. The molecule has 1 aliphatic heterocycles. The Kier molecular flexibility index (Phi) is 12.1. The van der Waals surface area contributed by atoms with Gasteiger partial charge >= 0.3 is 5.97 Å². The maximum Gasteiger partial charge on any atom is 0.348 e. The van der Waals surface area contributed by atoms with E-state index < -0.39 is 29.9 Å². The third kappa shape index (κ3) is 9.65. The highest BCUT2D eigenvalue weighted by Gasteiger charge is 2.49. The van der Waals surface area contributed by atoms with Crippen molar-refractivity contribution in [2.75, 3.05) is 6.61 Å². The summed E-state index contributed by atoms with van der Waals surface area (Å²) >= 11 is 1.56. The fourth-order valence-corrected chi connectivity index (χ4v) is 6.72. The average Bonchev–Trinajstić information content (AvgIpc) is 3.54. The molecule has 0 aliphatic carbocycles. The molecule has 1 saturated heterocycles. The number of rotatable bonds is 15. The Labute approximate surface area is 286 Å². The van der Waals surface area contributed by atoms with Gasteiger partial charge in [-0.25, -0.2) is 13.9 Å². The molecule has 0 amide bonds. The van der Waals surface area contributed by atoms with Gasteiger partial charge in [0.25, 0.3) is 0 Å². The number of thioether (sulfide) groups is 1. The molecule has 1 aromatic heterocycles. The third-order valence-electron chi connectivity index (χ3n) is 7.99. The second kappa shape index (κ2) is 17.2. The number of hydrogen-bond acceptors (Lipinski definition) is 7. The Bertz CT molecular complexity index is 1670. The number of benzene rings is 4. The lowest BCUT2D eigenvalue weighted by Crippen LogP contribution is -2.60. The molecule has 5 atom stereocenters. The maximum absolute atomic E-state index is 13.0. The summed E-state index contributed by atoms with van der Waals surface area (Å²) in [6, 6.07) is 40.2. The number of esters is 1. The van der Waals surface area contributed by atoms with E-state index in [1.54, 1.807) is 16.3 Å². The number of ether oxygens (including phenoxy) is 5. The first-order chi connectivity index (χ1) is 23.6. The molecule has 4 aromatic carbocycles. The van der Waals surface area contributed by atoms with Crippen molar-refractivity contribution < 1.29 is 33.0 Å². The molecular formula is C39H41N2O6S+. The molecule has 0 unspecified atom stereocenters. The van der Waals surface area contributed by atoms with Crippen LogP contribution in [0, 0.1) is 0 Å². The van der Waals surface area contributed by atoms with Crippen LogP contribution in [0.2, 0.25) is 0 Å². The molecule has 0 bridgehead atoms. The Hall–Kier alpha value is -4.25. The second-order valence-corrected chi connectivity index (χ2v) is 12.9. The van der Waals surface area contributed by atoms with Crippen molar-refractivity contribution in [3.05, 3.63) is 157 Å². The monoisotopic (exact) mass is 665 g/mol. The van der Waals surface area contributed by atoms with Crippen LogP contribution in [-0.4, -0.2) is 47.0 Å². The normalized spacial score (nSPS) is 20.7. The van der Waals surface area contributed by atoms with Crippen LogP contribution in [0.25, 0.3) is 0 Å². The van der Waals surface area contributed by atoms with Gasteiger partial charge in [-0.2, -0.15) is 0 Å². The first kappa shape index (κ1) is 33.6. The molecule has 48 heavy (non-hydrogen) atoms. The van der Waals surface area contributed by atoms with Crippen LogP contribution in [0.3, 0.4) is 0 Å². The van der Waals surface area contributed by atoms with Gasteiger partial charge in [0, 0.05) is 4.90 Å². The van der Waals surface area contributed by atoms with Gasteiger partial charge < -0.3 is 23.7 Å². The van der Waals surface area contributed by atoms with E-state index in [4.69, 9.17) is 23.7 Å². The molecule has 6 rings (SSSR count). The Morgan fingerprint density at radius 1 is 0.708 bits per heavy atom. The number of aryl methyl sites for hydroxylation is 1. The molecule has 0 spiro atoms. The van der Waals surface area contributed by atoms with Gasteiger partial charge in [0.05, 0.1) is 26.9 Å². The molecule has 0 N–H and O–H groups in total. The second-order valence-electron chi connectivity index (χ2n) is 11.7. The fourth-order valence-electron chi connectivity index (χ4n) is 5.57. The molecule has 1 aliphatic rings. The highest BCUT2D eigenvalue weighted by atomic mass is 32.2. The summed E-state index contributed by atoms with van der Waals surface area (Å²) < 4.78 is 36.5. The van der Waals surface area contributed by atoms with Crippen LogP contribution in [0.1, 0.15) is 16.7 Å². The van der Waals surface area contributed by atoms with E-state index in [9.17, 15) is 4.79 Å². The summed E-state index contributed by atoms with van der Waals surface area (Å²) in [6.07, 6.45) is 3.22. The molecule has 1 fully saturated rings. The van der Waals surface area contributed by atoms with E-state index >= 15 is 0 Å². The van der Waals surface area contributed by atoms with Crippen LogP contribution in [0.15, 0.2) is 145 Å². The zero-order valence-corrected chi connectivity index (χ0v) is 27.8. The quantitative estimate of drug-likeness (QED) is 0.0985. The van der Waals surface area contributed by atoms with E-state index in [1.165, 1.54) is 0 Å². The Morgan fingerprint density at radius 2 is 1.21 bits per heavy atom. The summed E-state index contributed by atoms with van der Waals surface area (Å²) in [5.41, 5.74) is 2.60. The van der Waals surface area contributed by atoms with Crippen LogP contribution < -0.4 is 4.57 Å². The van der Waals surface area contributed by atoms with E-state index in [2.05, 4.69) is 0 Å². The van der Waals surface area contributed by atoms with E-state index in [-0.39, 0.29) is 19.1 Å². The first-order valence-corrected chi connectivity index (χ1v) is 17.0. The van der Waals surface area contributed by atoms with Crippen molar-refractivity contribution in [2.45, 2.75) is 61.1 Å². The predicted octanol–water partition coefficient (Wildman–Crippen LogP) is 6.13. The molecular weight excluding hydrogens is 625 g/mol. The topological polar surface area (TPSA) is 72.0 Å². The standard InChI is InChI=1S/C39H41N2O6S/c1-40-22-23-41(29-40)24-35(42)43-28-34-36(44-25-30-14-6-2-7-15-30)37(45-26-31-16-8-3-9-17-31)38(46-27-32-18-10-4-11-19-32)39(47-34)48-33-20-12-5-13-21-33/h2-23,29,34,36-39H,24-28H2,1H3/q+1/t34-,36-,37+,38-,39+/m1/s1. The van der Waals surface area contributed by atoms with Gasteiger partial charge in [-0.1, -0.05) is 121 Å². The number of aromatic nitrogens is 2. The van der Waals surface area contributed by atoms with Gasteiger partial charge in [-0.3, -0.25) is 0 Å². The predicted molar refractivity (Wildman–Crippen MR) is 183 cm³/mol. The van der Waals surface area contributed by atoms with Gasteiger partial charge in [0.15, 0.2) is 6.54 Å². The summed E-state index contributed by atoms with van der Waals surface area (Å²) in [4.78, 5) is 14.1. The van der Waals surface area contributed by atoms with Crippen molar-refractivity contribution in [2.24, 2.45) is 7.05 Å². The smallest absolute Gasteiger partial charge is 0.348 e. The van der Waals surface area contributed by atoms with Crippen molar-refractivity contribution >= 4 is 17.7 Å². The summed E-state index contributed by atoms with van der Waals surface area (Å²) in [6.45, 7) is 1.12. The summed E-state index contributed by atoms with van der Waals surface area (Å²) in [5.74, 6) is -0.368. The number of hydrogen-bond donors (Lipinski definition) is 0. The minimum Gasteiger partial charge on any atom is -0.460 e. The molecule has 0 saturated carbocycles. The number of nitrogens with zero attached hydrogens (tertiary/aromatic N) is 2. The summed E-state index contributed by atoms with van der Waals surface area (Å²) in [5, 5.41) is 0. The minimum atomic E-state index is -0.628. The van der Waals surface area contributed by atoms with Crippen LogP contribution in [0.4, 0.5) is 0 Å². The molecule has 0 radical (unpaired) electrons. The van der Waals surface area contributed by atoms with E-state index in [0.29, 0.717) is 19.8 Å². The Balaban J connectivity index is 1.30. The number of carbonyl (C=O) groups is 1. The minimum absolute atomic E-state index is 0.00582. The van der Waals surface area contributed by atoms with Crippen LogP contribution >= 0.6 is 11.8 Å². The molecule has 5 aromatic rings. The van der Waals surface area contributed by atoms with Crippen molar-refractivity contribution in [1.82, 2.24) is 4.57 Å². The Morgan fingerprint density at radius 3 is 1.73 bits per heavy atom. The molecule has 2 heterocycles. The van der Waals surface area contributed by atoms with Gasteiger partial charge in [0.1, 0.15) is 48.9 Å². The van der Waals surface area contributed by atoms with Gasteiger partial charge in [0.2, 0.25) is 6.33 Å². The van der Waals surface area contributed by atoms with Crippen LogP contribution in [-0.2, 0) is 61.9 Å². The van der Waals surface area contributed by atoms with Crippen LogP contribution in [0.5, 0.6) is 0 Å². The van der Waals surface area contributed by atoms with Crippen molar-refractivity contribution in [3.63, 3.8) is 0 Å². The van der Waals surface area contributed by atoms with E-state index in [0.717, 1.165) is 21.6 Å². The third-order valence-corrected chi connectivity index (χ3v) is 9.14. The van der Waals surface area contributed by atoms with E-state index in [1.807, 2.05) is 152 Å². The lowest BCUT2D eigenvalue weighted by atomic mass is 9.99. The van der Waals surface area contributed by atoms with Gasteiger partial charge in [-0.15, -0.1) is 0 Å². The van der Waals surface area contributed by atoms with Crippen molar-refractivity contribution in [1.29, 1.82) is 0 Å². The zero-order chi connectivity index (χ0) is 33.0. The van der Waals surface area contributed by atoms with Crippen molar-refractivity contribution in [3.8, 4) is 0 Å². The maximum atomic E-state index is 13.0. The zero-order valence-electron chi connectivity index (χ0n) is 27.0. The average molecular weight is 666 g/mol. The highest BCUT2D eigenvalue weighted by Crippen LogP contribution is 2.38. The van der Waals surface area contributed by atoms with Gasteiger partial charge in [-0.05, 0) is 28.8 Å². The first-order valence-electron chi connectivity index (χ1n) is 16.1. The number of imidazole rings is 1. The fraction of sp³-hybridized carbons (Fsp3) is 0.282. The highest BCUT2D eigenvalue weighted by molar-refractivity contribution is 7.99. The molecule has 9 heteroatoms. The lowest BCUT2D eigenvalue weighted by molar-refractivity contribution is -0.671. The lowest BCUT2D eigenvalue weighted by Gasteiger charge is -2.45. The number of carbonyl (C=O) groups excluding carboxylic acids is 1. The molecule has 8 nitrogen and oxygen atoms in total.